The van der Waals surface area contributed by atoms with Gasteiger partial charge in [0.2, 0.25) is 0 Å². The van der Waals surface area contributed by atoms with E-state index in [1.165, 1.54) is 36.8 Å². The molecule has 2 atom stereocenters. The highest BCUT2D eigenvalue weighted by atomic mass is 14.3. The Labute approximate surface area is 136 Å². The van der Waals surface area contributed by atoms with Crippen LogP contribution in [0.15, 0.2) is 48.5 Å². The first-order valence-corrected chi connectivity index (χ1v) is 8.84. The van der Waals surface area contributed by atoms with Crippen molar-refractivity contribution in [2.75, 3.05) is 0 Å². The first kappa shape index (κ1) is 16.8. The predicted molar refractivity (Wildman–Crippen MR) is 97.5 cm³/mol. The van der Waals surface area contributed by atoms with E-state index in [9.17, 15) is 0 Å². The smallest absolute Gasteiger partial charge is 0.00974 e. The van der Waals surface area contributed by atoms with Gasteiger partial charge in [-0.2, -0.15) is 0 Å². The van der Waals surface area contributed by atoms with E-state index in [4.69, 9.17) is 0 Å². The number of benzene rings is 2. The van der Waals surface area contributed by atoms with Gasteiger partial charge in [-0.15, -0.1) is 0 Å². The fourth-order valence-corrected chi connectivity index (χ4v) is 3.50. The summed E-state index contributed by atoms with van der Waals surface area (Å²) in [5, 5.41) is 0. The van der Waals surface area contributed by atoms with Gasteiger partial charge in [0.05, 0.1) is 0 Å². The van der Waals surface area contributed by atoms with Crippen molar-refractivity contribution in [3.8, 4) is 0 Å². The van der Waals surface area contributed by atoms with Gasteiger partial charge in [0.1, 0.15) is 0 Å². The van der Waals surface area contributed by atoms with Gasteiger partial charge in [-0.25, -0.2) is 0 Å². The molecule has 0 aliphatic heterocycles. The molecule has 0 heterocycles. The third-order valence-electron chi connectivity index (χ3n) is 4.65. The van der Waals surface area contributed by atoms with Crippen LogP contribution in [0.1, 0.15) is 68.2 Å². The minimum absolute atomic E-state index is 0.594. The Balaban J connectivity index is 0.000000545. The van der Waals surface area contributed by atoms with Gasteiger partial charge >= 0.3 is 0 Å². The van der Waals surface area contributed by atoms with Gasteiger partial charge in [0, 0.05) is 5.92 Å². The Kier molecular flexibility index (Phi) is 6.24. The maximum Gasteiger partial charge on any atom is 0.00974 e. The van der Waals surface area contributed by atoms with Crippen LogP contribution in [0.25, 0.3) is 0 Å². The molecule has 2 aromatic carbocycles. The average molecular weight is 294 g/mol. The second kappa shape index (κ2) is 8.17. The third-order valence-corrected chi connectivity index (χ3v) is 4.65. The van der Waals surface area contributed by atoms with Crippen molar-refractivity contribution >= 4 is 0 Å². The standard InChI is InChI=1S/C19H22.C3H8/c1-3-15-12-16-9-5-7-11-18(16)19(13-15)17-10-6-4-8-14(17)2;1-3-2/h4-11,15,19H,3,12-13H2,1-2H3;3H2,1-2H3. The molecule has 0 spiro atoms. The third kappa shape index (κ3) is 3.80. The topological polar surface area (TPSA) is 0 Å². The van der Waals surface area contributed by atoms with Crippen LogP contribution in [0.4, 0.5) is 0 Å². The summed E-state index contributed by atoms with van der Waals surface area (Å²) in [7, 11) is 0. The minimum Gasteiger partial charge on any atom is -0.0656 e. The van der Waals surface area contributed by atoms with Crippen LogP contribution >= 0.6 is 0 Å². The zero-order valence-corrected chi connectivity index (χ0v) is 14.6. The van der Waals surface area contributed by atoms with Gasteiger partial charge in [-0.1, -0.05) is 82.1 Å². The molecule has 1 aliphatic rings. The van der Waals surface area contributed by atoms with Crippen molar-refractivity contribution in [1.82, 2.24) is 0 Å². The lowest BCUT2D eigenvalue weighted by Crippen LogP contribution is -2.19. The van der Waals surface area contributed by atoms with E-state index in [1.807, 2.05) is 0 Å². The molecule has 2 unspecified atom stereocenters. The van der Waals surface area contributed by atoms with Crippen molar-refractivity contribution in [1.29, 1.82) is 0 Å². The number of rotatable bonds is 2. The molecule has 1 aliphatic carbocycles. The molecular weight excluding hydrogens is 264 g/mol. The van der Waals surface area contributed by atoms with E-state index < -0.39 is 0 Å². The van der Waals surface area contributed by atoms with Crippen molar-refractivity contribution in [2.45, 2.75) is 59.3 Å². The second-order valence-electron chi connectivity index (χ2n) is 6.53. The van der Waals surface area contributed by atoms with Crippen LogP contribution in [-0.2, 0) is 6.42 Å². The lowest BCUT2D eigenvalue weighted by molar-refractivity contribution is 0.416. The number of fused-ring (bicyclic) bond motifs is 1. The molecule has 118 valence electrons. The van der Waals surface area contributed by atoms with Gasteiger partial charge in [-0.3, -0.25) is 0 Å². The second-order valence-corrected chi connectivity index (χ2v) is 6.53. The van der Waals surface area contributed by atoms with E-state index in [0.29, 0.717) is 5.92 Å². The fraction of sp³-hybridized carbons (Fsp3) is 0.455. The molecule has 0 fully saturated rings. The first-order chi connectivity index (χ1) is 10.7. The van der Waals surface area contributed by atoms with Crippen molar-refractivity contribution in [3.63, 3.8) is 0 Å². The van der Waals surface area contributed by atoms with Gasteiger partial charge < -0.3 is 0 Å². The summed E-state index contributed by atoms with van der Waals surface area (Å²) in [5.41, 5.74) is 6.07. The lowest BCUT2D eigenvalue weighted by Gasteiger charge is -2.32. The minimum atomic E-state index is 0.594. The largest absolute Gasteiger partial charge is 0.0656 e. The molecule has 0 aromatic heterocycles. The Hall–Kier alpha value is -1.56. The molecule has 2 aromatic rings. The van der Waals surface area contributed by atoms with E-state index >= 15 is 0 Å². The quantitative estimate of drug-likeness (QED) is 0.591. The fourth-order valence-electron chi connectivity index (χ4n) is 3.50. The Morgan fingerprint density at radius 3 is 2.09 bits per heavy atom. The molecule has 0 N–H and O–H groups in total. The Morgan fingerprint density at radius 1 is 0.864 bits per heavy atom. The first-order valence-electron chi connectivity index (χ1n) is 8.84. The summed E-state index contributed by atoms with van der Waals surface area (Å²) < 4.78 is 0. The Bertz CT molecular complexity index is 582. The summed E-state index contributed by atoms with van der Waals surface area (Å²) >= 11 is 0. The van der Waals surface area contributed by atoms with Crippen LogP contribution in [0.2, 0.25) is 0 Å². The summed E-state index contributed by atoms with van der Waals surface area (Å²) in [6.45, 7) is 8.82. The van der Waals surface area contributed by atoms with Crippen LogP contribution in [0.3, 0.4) is 0 Å². The maximum atomic E-state index is 2.33. The van der Waals surface area contributed by atoms with Crippen LogP contribution in [0, 0.1) is 12.8 Å². The van der Waals surface area contributed by atoms with E-state index in [-0.39, 0.29) is 0 Å². The molecule has 0 heteroatoms. The number of aryl methyl sites for hydroxylation is 1. The predicted octanol–water partition coefficient (Wildman–Crippen LogP) is 6.52. The zero-order valence-electron chi connectivity index (χ0n) is 14.6. The SMILES string of the molecule is CCC.CCC1Cc2ccccc2C(c2ccccc2C)C1. The van der Waals surface area contributed by atoms with Crippen LogP contribution in [-0.4, -0.2) is 0 Å². The van der Waals surface area contributed by atoms with Crippen LogP contribution < -0.4 is 0 Å². The monoisotopic (exact) mass is 294 g/mol. The summed E-state index contributed by atoms with van der Waals surface area (Å²) in [6, 6.07) is 17.9. The molecule has 0 bridgehead atoms. The number of hydrogen-bond acceptors (Lipinski definition) is 0. The molecule has 22 heavy (non-hydrogen) atoms. The maximum absolute atomic E-state index is 2.33. The Morgan fingerprint density at radius 2 is 1.45 bits per heavy atom. The molecule has 0 nitrogen and oxygen atoms in total. The van der Waals surface area contributed by atoms with Crippen LogP contribution in [0.5, 0.6) is 0 Å². The molecule has 0 radical (unpaired) electrons. The molecule has 0 saturated carbocycles. The van der Waals surface area contributed by atoms with E-state index in [0.717, 1.165) is 5.92 Å². The van der Waals surface area contributed by atoms with Crippen molar-refractivity contribution < 1.29 is 0 Å². The summed E-state index contributed by atoms with van der Waals surface area (Å²) in [6.07, 6.45) is 5.10. The lowest BCUT2D eigenvalue weighted by atomic mass is 9.72. The van der Waals surface area contributed by atoms with Crippen molar-refractivity contribution in [3.05, 3.63) is 70.8 Å². The molecule has 0 amide bonds. The highest BCUT2D eigenvalue weighted by Crippen LogP contribution is 2.41. The summed E-state index contributed by atoms with van der Waals surface area (Å²) in [5.74, 6) is 1.43. The van der Waals surface area contributed by atoms with Gasteiger partial charge in [0.15, 0.2) is 0 Å². The zero-order chi connectivity index (χ0) is 15.9. The van der Waals surface area contributed by atoms with Crippen molar-refractivity contribution in [2.24, 2.45) is 5.92 Å². The highest BCUT2D eigenvalue weighted by Gasteiger charge is 2.27. The molecule has 3 rings (SSSR count). The normalized spacial score (nSPS) is 19.8. The van der Waals surface area contributed by atoms with E-state index in [1.54, 1.807) is 11.1 Å². The molecule has 0 saturated heterocycles. The average Bonchev–Trinajstić information content (AvgIpc) is 2.55. The summed E-state index contributed by atoms with van der Waals surface area (Å²) in [4.78, 5) is 0. The number of hydrogen-bond donors (Lipinski definition) is 0. The van der Waals surface area contributed by atoms with Gasteiger partial charge in [0.25, 0.3) is 0 Å². The van der Waals surface area contributed by atoms with Gasteiger partial charge in [-0.05, 0) is 47.9 Å². The van der Waals surface area contributed by atoms with E-state index in [2.05, 4.69) is 76.2 Å². The molecular formula is C22H30. The highest BCUT2D eigenvalue weighted by molar-refractivity contribution is 5.43.